The summed E-state index contributed by atoms with van der Waals surface area (Å²) in [6.45, 7) is 1.93. The molecule has 7 nitrogen and oxygen atoms in total. The van der Waals surface area contributed by atoms with Crippen molar-refractivity contribution in [1.29, 1.82) is 0 Å². The summed E-state index contributed by atoms with van der Waals surface area (Å²) in [5, 5.41) is 3.35. The lowest BCUT2D eigenvalue weighted by Gasteiger charge is -2.06. The second-order valence-corrected chi connectivity index (χ2v) is 4.77. The Morgan fingerprint density at radius 3 is 2.71 bits per heavy atom. The molecule has 0 atom stereocenters. The van der Waals surface area contributed by atoms with Crippen LogP contribution in [-0.2, 0) is 4.74 Å². The minimum atomic E-state index is -0.590. The smallest absolute Gasteiger partial charge is 0.357 e. The topological polar surface area (TPSA) is 101 Å². The van der Waals surface area contributed by atoms with Crippen molar-refractivity contribution in [3.05, 3.63) is 50.9 Å². The molecule has 0 unspecified atom stereocenters. The van der Waals surface area contributed by atoms with E-state index < -0.39 is 5.97 Å². The fourth-order valence-corrected chi connectivity index (χ4v) is 1.86. The van der Waals surface area contributed by atoms with E-state index >= 15 is 0 Å². The predicted octanol–water partition coefficient (Wildman–Crippen LogP) is 4.02. The predicted molar refractivity (Wildman–Crippen MR) is 79.9 cm³/mol. The van der Waals surface area contributed by atoms with Crippen LogP contribution >= 0.6 is 15.9 Å². The number of hydrogen-bond donors (Lipinski definition) is 0. The number of nitrogens with zero attached hydrogens (tertiary/aromatic N) is 5. The monoisotopic (exact) mass is 347 g/mol. The summed E-state index contributed by atoms with van der Waals surface area (Å²) in [5.41, 5.74) is 9.79. The first-order chi connectivity index (χ1) is 10.1. The van der Waals surface area contributed by atoms with Crippen LogP contribution in [0, 0.1) is 0 Å². The van der Waals surface area contributed by atoms with Gasteiger partial charge in [0.1, 0.15) is 0 Å². The first kappa shape index (κ1) is 15.0. The summed E-state index contributed by atoms with van der Waals surface area (Å²) in [6.07, 6.45) is 0. The number of hydrogen-bond acceptors (Lipinski definition) is 5. The number of aromatic nitrogens is 2. The zero-order valence-corrected chi connectivity index (χ0v) is 12.6. The number of carbonyl (C=O) groups is 1. The molecule has 0 saturated heterocycles. The van der Waals surface area contributed by atoms with Gasteiger partial charge in [-0.1, -0.05) is 28.1 Å². The van der Waals surface area contributed by atoms with E-state index in [9.17, 15) is 4.79 Å². The molecule has 1 aromatic heterocycles. The highest BCUT2D eigenvalue weighted by Gasteiger charge is 2.13. The summed E-state index contributed by atoms with van der Waals surface area (Å²) < 4.78 is 5.82. The first-order valence-corrected chi connectivity index (χ1v) is 6.80. The van der Waals surface area contributed by atoms with Gasteiger partial charge in [0.05, 0.1) is 12.3 Å². The number of carbonyl (C=O) groups excluding carboxylic acids is 1. The van der Waals surface area contributed by atoms with E-state index in [-0.39, 0.29) is 18.2 Å². The largest absolute Gasteiger partial charge is 0.461 e. The molecule has 1 aromatic carbocycles. The number of azide groups is 1. The van der Waals surface area contributed by atoms with E-state index in [0.717, 1.165) is 10.0 Å². The van der Waals surface area contributed by atoms with E-state index in [1.165, 1.54) is 6.07 Å². The van der Waals surface area contributed by atoms with Crippen molar-refractivity contribution in [1.82, 2.24) is 9.97 Å². The highest BCUT2D eigenvalue weighted by atomic mass is 79.9. The molecule has 0 aliphatic carbocycles. The average Bonchev–Trinajstić information content (AvgIpc) is 2.48. The third kappa shape index (κ3) is 3.77. The van der Waals surface area contributed by atoms with Crippen molar-refractivity contribution < 1.29 is 9.53 Å². The highest BCUT2D eigenvalue weighted by Crippen LogP contribution is 2.22. The zero-order chi connectivity index (χ0) is 15.2. The minimum absolute atomic E-state index is 0.0483. The van der Waals surface area contributed by atoms with Crippen molar-refractivity contribution in [3.63, 3.8) is 0 Å². The van der Waals surface area contributed by atoms with Gasteiger partial charge in [-0.25, -0.2) is 14.8 Å². The van der Waals surface area contributed by atoms with Gasteiger partial charge in [0.2, 0.25) is 5.95 Å². The van der Waals surface area contributed by atoms with Crippen molar-refractivity contribution in [3.8, 4) is 11.3 Å². The standard InChI is InChI=1S/C13H10BrN5O2/c1-2-21-12(20)11-7-10(16-13(17-11)18-19-15)8-3-5-9(14)6-4-8/h3-7H,2H2,1H3. The molecule has 0 N–H and O–H groups in total. The third-order valence-corrected chi connectivity index (χ3v) is 3.00. The summed E-state index contributed by atoms with van der Waals surface area (Å²) in [6, 6.07) is 8.82. The van der Waals surface area contributed by atoms with E-state index in [1.54, 1.807) is 6.92 Å². The molecule has 0 bridgehead atoms. The zero-order valence-electron chi connectivity index (χ0n) is 11.0. The van der Waals surface area contributed by atoms with Gasteiger partial charge in [0.25, 0.3) is 0 Å². The van der Waals surface area contributed by atoms with Gasteiger partial charge in [-0.2, -0.15) is 0 Å². The lowest BCUT2D eigenvalue weighted by Crippen LogP contribution is -2.08. The minimum Gasteiger partial charge on any atom is -0.461 e. The number of halogens is 1. The Morgan fingerprint density at radius 2 is 2.10 bits per heavy atom. The van der Waals surface area contributed by atoms with Crippen molar-refractivity contribution in [2.24, 2.45) is 5.11 Å². The lowest BCUT2D eigenvalue weighted by molar-refractivity contribution is 0.0519. The molecule has 106 valence electrons. The number of ether oxygens (including phenoxy) is 1. The van der Waals surface area contributed by atoms with Crippen LogP contribution in [0.25, 0.3) is 21.7 Å². The molecule has 21 heavy (non-hydrogen) atoms. The first-order valence-electron chi connectivity index (χ1n) is 6.01. The maximum absolute atomic E-state index is 11.8. The number of benzene rings is 1. The molecule has 0 amide bonds. The van der Waals surface area contributed by atoms with Gasteiger partial charge >= 0.3 is 5.97 Å². The van der Waals surface area contributed by atoms with Gasteiger partial charge in [0, 0.05) is 14.9 Å². The SMILES string of the molecule is CCOC(=O)c1cc(-c2ccc(Br)cc2)nc(N=[N+]=[N-])n1. The van der Waals surface area contributed by atoms with E-state index in [1.807, 2.05) is 24.3 Å². The van der Waals surface area contributed by atoms with Crippen LogP contribution in [-0.4, -0.2) is 22.5 Å². The fraction of sp³-hybridized carbons (Fsp3) is 0.154. The Morgan fingerprint density at radius 1 is 1.38 bits per heavy atom. The van der Waals surface area contributed by atoms with Crippen LogP contribution in [0.5, 0.6) is 0 Å². The quantitative estimate of drug-likeness (QED) is 0.360. The summed E-state index contributed by atoms with van der Waals surface area (Å²) in [5.74, 6) is -0.714. The van der Waals surface area contributed by atoms with Crippen molar-refractivity contribution in [2.45, 2.75) is 6.92 Å². The molecule has 0 aliphatic rings. The maximum Gasteiger partial charge on any atom is 0.357 e. The van der Waals surface area contributed by atoms with Gasteiger partial charge in [-0.05, 0) is 35.8 Å². The van der Waals surface area contributed by atoms with Crippen LogP contribution in [0.15, 0.2) is 39.9 Å². The van der Waals surface area contributed by atoms with Crippen molar-refractivity contribution in [2.75, 3.05) is 6.61 Å². The van der Waals surface area contributed by atoms with Crippen LogP contribution in [0.2, 0.25) is 0 Å². The summed E-state index contributed by atoms with van der Waals surface area (Å²) in [4.78, 5) is 22.4. The third-order valence-electron chi connectivity index (χ3n) is 2.47. The summed E-state index contributed by atoms with van der Waals surface area (Å²) in [7, 11) is 0. The molecule has 0 aliphatic heterocycles. The molecule has 2 rings (SSSR count). The Labute approximate surface area is 128 Å². The van der Waals surface area contributed by atoms with E-state index in [4.69, 9.17) is 10.3 Å². The Bertz CT molecular complexity index is 711. The van der Waals surface area contributed by atoms with Gasteiger partial charge in [-0.3, -0.25) is 0 Å². The van der Waals surface area contributed by atoms with Crippen LogP contribution in [0.3, 0.4) is 0 Å². The van der Waals surface area contributed by atoms with Gasteiger partial charge < -0.3 is 4.74 Å². The Kier molecular flexibility index (Phi) is 4.86. The molecule has 2 aromatic rings. The second kappa shape index (κ2) is 6.83. The normalized spacial score (nSPS) is 9.81. The molecule has 8 heteroatoms. The van der Waals surface area contributed by atoms with Crippen LogP contribution in [0.1, 0.15) is 17.4 Å². The van der Waals surface area contributed by atoms with Gasteiger partial charge in [0.15, 0.2) is 5.69 Å². The molecule has 1 heterocycles. The molecule has 0 spiro atoms. The number of rotatable bonds is 4. The maximum atomic E-state index is 11.8. The molecule has 0 saturated carbocycles. The molecule has 0 fully saturated rings. The Balaban J connectivity index is 2.51. The Hall–Kier alpha value is -2.44. The molecule has 0 radical (unpaired) electrons. The highest BCUT2D eigenvalue weighted by molar-refractivity contribution is 9.10. The van der Waals surface area contributed by atoms with E-state index in [0.29, 0.717) is 5.69 Å². The average molecular weight is 348 g/mol. The molecular weight excluding hydrogens is 338 g/mol. The fourth-order valence-electron chi connectivity index (χ4n) is 1.60. The van der Waals surface area contributed by atoms with E-state index in [2.05, 4.69) is 35.9 Å². The molecular formula is C13H10BrN5O2. The lowest BCUT2D eigenvalue weighted by atomic mass is 10.1. The summed E-state index contributed by atoms with van der Waals surface area (Å²) >= 11 is 3.34. The second-order valence-electron chi connectivity index (χ2n) is 3.86. The van der Waals surface area contributed by atoms with Gasteiger partial charge in [-0.15, -0.1) is 0 Å². The van der Waals surface area contributed by atoms with Crippen molar-refractivity contribution >= 4 is 27.8 Å². The van der Waals surface area contributed by atoms with Crippen LogP contribution < -0.4 is 0 Å². The van der Waals surface area contributed by atoms with Crippen LogP contribution in [0.4, 0.5) is 5.95 Å². The number of esters is 1.